The van der Waals surface area contributed by atoms with Crippen molar-refractivity contribution in [3.05, 3.63) is 11.8 Å². The molecule has 0 aliphatic carbocycles. The first-order valence-electron chi connectivity index (χ1n) is 6.19. The van der Waals surface area contributed by atoms with Crippen LogP contribution >= 0.6 is 0 Å². The zero-order chi connectivity index (χ0) is 13.0. The lowest BCUT2D eigenvalue weighted by Crippen LogP contribution is -2.42. The van der Waals surface area contributed by atoms with Gasteiger partial charge in [-0.15, -0.1) is 0 Å². The number of amides is 1. The molecule has 6 heteroatoms. The van der Waals surface area contributed by atoms with Crippen molar-refractivity contribution in [3.8, 4) is 5.88 Å². The quantitative estimate of drug-likeness (QED) is 0.829. The SMILES string of the molecule is CCOc1cc(C)nc(NC2CCC(=O)NC2)n1. The Morgan fingerprint density at radius 1 is 1.56 bits per heavy atom. The van der Waals surface area contributed by atoms with Crippen molar-refractivity contribution in [2.24, 2.45) is 0 Å². The molecule has 2 rings (SSSR count). The summed E-state index contributed by atoms with van der Waals surface area (Å²) in [6.45, 7) is 5.01. The molecule has 0 spiro atoms. The van der Waals surface area contributed by atoms with Gasteiger partial charge in [0.25, 0.3) is 0 Å². The van der Waals surface area contributed by atoms with Crippen molar-refractivity contribution in [1.82, 2.24) is 15.3 Å². The summed E-state index contributed by atoms with van der Waals surface area (Å²) in [5.41, 5.74) is 0.857. The van der Waals surface area contributed by atoms with Gasteiger partial charge in [-0.05, 0) is 20.3 Å². The molecule has 0 saturated carbocycles. The maximum atomic E-state index is 11.1. The van der Waals surface area contributed by atoms with Gasteiger partial charge in [-0.2, -0.15) is 4.98 Å². The van der Waals surface area contributed by atoms with E-state index in [4.69, 9.17) is 4.74 Å². The average Bonchev–Trinajstić information content (AvgIpc) is 2.32. The van der Waals surface area contributed by atoms with Crippen molar-refractivity contribution in [3.63, 3.8) is 0 Å². The van der Waals surface area contributed by atoms with E-state index in [2.05, 4.69) is 20.6 Å². The number of ether oxygens (including phenoxy) is 1. The van der Waals surface area contributed by atoms with Gasteiger partial charge in [-0.3, -0.25) is 4.79 Å². The number of piperidine rings is 1. The summed E-state index contributed by atoms with van der Waals surface area (Å²) in [7, 11) is 0. The highest BCUT2D eigenvalue weighted by molar-refractivity contribution is 5.76. The molecular formula is C12H18N4O2. The molecule has 0 radical (unpaired) electrons. The zero-order valence-corrected chi connectivity index (χ0v) is 10.7. The van der Waals surface area contributed by atoms with Gasteiger partial charge in [0.2, 0.25) is 17.7 Å². The Labute approximate surface area is 106 Å². The zero-order valence-electron chi connectivity index (χ0n) is 10.7. The molecule has 0 bridgehead atoms. The Kier molecular flexibility index (Phi) is 3.96. The topological polar surface area (TPSA) is 76.1 Å². The van der Waals surface area contributed by atoms with E-state index in [1.54, 1.807) is 6.07 Å². The van der Waals surface area contributed by atoms with Crippen molar-refractivity contribution in [2.75, 3.05) is 18.5 Å². The standard InChI is InChI=1S/C12H18N4O2/c1-3-18-11-6-8(2)14-12(16-11)15-9-4-5-10(17)13-7-9/h6,9H,3-5,7H2,1-2H3,(H,13,17)(H,14,15,16). The van der Waals surface area contributed by atoms with Gasteiger partial charge in [-0.1, -0.05) is 0 Å². The number of nitrogens with zero attached hydrogens (tertiary/aromatic N) is 2. The second-order valence-corrected chi connectivity index (χ2v) is 4.29. The van der Waals surface area contributed by atoms with E-state index in [1.807, 2.05) is 13.8 Å². The van der Waals surface area contributed by atoms with E-state index in [9.17, 15) is 4.79 Å². The summed E-state index contributed by atoms with van der Waals surface area (Å²) in [5.74, 6) is 1.24. The molecule has 0 aromatic carbocycles. The second kappa shape index (κ2) is 5.66. The van der Waals surface area contributed by atoms with Crippen LogP contribution in [0.1, 0.15) is 25.5 Å². The van der Waals surface area contributed by atoms with E-state index in [0.717, 1.165) is 12.1 Å². The van der Waals surface area contributed by atoms with Crippen LogP contribution in [0.4, 0.5) is 5.95 Å². The molecule has 2 heterocycles. The summed E-state index contributed by atoms with van der Waals surface area (Å²) in [6, 6.07) is 1.98. The minimum atomic E-state index is 0.105. The minimum Gasteiger partial charge on any atom is -0.478 e. The molecule has 1 aliphatic heterocycles. The summed E-state index contributed by atoms with van der Waals surface area (Å²) in [5, 5.41) is 6.04. The number of hydrogen-bond donors (Lipinski definition) is 2. The smallest absolute Gasteiger partial charge is 0.226 e. The first-order chi connectivity index (χ1) is 8.67. The van der Waals surface area contributed by atoms with Crippen molar-refractivity contribution in [2.45, 2.75) is 32.7 Å². The van der Waals surface area contributed by atoms with Crippen LogP contribution in [-0.2, 0) is 4.79 Å². The predicted octanol–water partition coefficient (Wildman–Crippen LogP) is 0.874. The van der Waals surface area contributed by atoms with E-state index in [0.29, 0.717) is 31.4 Å². The normalized spacial score (nSPS) is 19.2. The summed E-state index contributed by atoms with van der Waals surface area (Å²) >= 11 is 0. The third-order valence-electron chi connectivity index (χ3n) is 2.72. The summed E-state index contributed by atoms with van der Waals surface area (Å²) in [4.78, 5) is 19.7. The van der Waals surface area contributed by atoms with Gasteiger partial charge in [0.05, 0.1) is 6.61 Å². The van der Waals surface area contributed by atoms with E-state index < -0.39 is 0 Å². The molecule has 1 unspecified atom stereocenters. The van der Waals surface area contributed by atoms with Crippen LogP contribution in [0.3, 0.4) is 0 Å². The van der Waals surface area contributed by atoms with Gasteiger partial charge >= 0.3 is 0 Å². The highest BCUT2D eigenvalue weighted by Crippen LogP contribution is 2.14. The monoisotopic (exact) mass is 250 g/mol. The molecule has 6 nitrogen and oxygen atoms in total. The molecule has 1 saturated heterocycles. The van der Waals surface area contributed by atoms with Gasteiger partial charge < -0.3 is 15.4 Å². The summed E-state index contributed by atoms with van der Waals surface area (Å²) in [6.07, 6.45) is 1.34. The van der Waals surface area contributed by atoms with Crippen LogP contribution < -0.4 is 15.4 Å². The Balaban J connectivity index is 2.02. The number of aromatic nitrogens is 2. The van der Waals surface area contributed by atoms with Crippen molar-refractivity contribution in [1.29, 1.82) is 0 Å². The molecule has 1 aliphatic rings. The molecule has 1 aromatic heterocycles. The molecule has 98 valence electrons. The van der Waals surface area contributed by atoms with Gasteiger partial charge in [-0.25, -0.2) is 4.98 Å². The number of aryl methyl sites for hydroxylation is 1. The van der Waals surface area contributed by atoms with Crippen LogP contribution in [-0.4, -0.2) is 35.1 Å². The van der Waals surface area contributed by atoms with Gasteiger partial charge in [0.15, 0.2) is 0 Å². The van der Waals surface area contributed by atoms with Crippen LogP contribution in [0.2, 0.25) is 0 Å². The minimum absolute atomic E-state index is 0.105. The largest absolute Gasteiger partial charge is 0.478 e. The van der Waals surface area contributed by atoms with Crippen LogP contribution in [0, 0.1) is 6.92 Å². The van der Waals surface area contributed by atoms with Crippen molar-refractivity contribution >= 4 is 11.9 Å². The highest BCUT2D eigenvalue weighted by atomic mass is 16.5. The fourth-order valence-corrected chi connectivity index (χ4v) is 1.86. The van der Waals surface area contributed by atoms with Crippen LogP contribution in [0.5, 0.6) is 5.88 Å². The molecule has 1 atom stereocenters. The Morgan fingerprint density at radius 3 is 3.06 bits per heavy atom. The lowest BCUT2D eigenvalue weighted by molar-refractivity contribution is -0.122. The molecule has 1 fully saturated rings. The number of carbonyl (C=O) groups is 1. The van der Waals surface area contributed by atoms with E-state index >= 15 is 0 Å². The van der Waals surface area contributed by atoms with E-state index in [1.165, 1.54) is 0 Å². The fraction of sp³-hybridized carbons (Fsp3) is 0.583. The predicted molar refractivity (Wildman–Crippen MR) is 67.6 cm³/mol. The maximum absolute atomic E-state index is 11.1. The maximum Gasteiger partial charge on any atom is 0.226 e. The number of rotatable bonds is 4. The van der Waals surface area contributed by atoms with Crippen LogP contribution in [0.25, 0.3) is 0 Å². The Morgan fingerprint density at radius 2 is 2.39 bits per heavy atom. The van der Waals surface area contributed by atoms with Gasteiger partial charge in [0, 0.05) is 30.8 Å². The molecule has 1 amide bonds. The van der Waals surface area contributed by atoms with E-state index in [-0.39, 0.29) is 11.9 Å². The summed E-state index contributed by atoms with van der Waals surface area (Å²) < 4.78 is 5.37. The molecular weight excluding hydrogens is 232 g/mol. The highest BCUT2D eigenvalue weighted by Gasteiger charge is 2.18. The number of nitrogens with one attached hydrogen (secondary N) is 2. The number of hydrogen-bond acceptors (Lipinski definition) is 5. The second-order valence-electron chi connectivity index (χ2n) is 4.29. The Bertz CT molecular complexity index is 426. The Hall–Kier alpha value is -1.85. The first-order valence-corrected chi connectivity index (χ1v) is 6.19. The third-order valence-corrected chi connectivity index (χ3v) is 2.72. The lowest BCUT2D eigenvalue weighted by Gasteiger charge is -2.23. The third kappa shape index (κ3) is 3.32. The average molecular weight is 250 g/mol. The van der Waals surface area contributed by atoms with Gasteiger partial charge in [0.1, 0.15) is 0 Å². The molecule has 1 aromatic rings. The molecule has 18 heavy (non-hydrogen) atoms. The van der Waals surface area contributed by atoms with Crippen molar-refractivity contribution < 1.29 is 9.53 Å². The van der Waals surface area contributed by atoms with Crippen LogP contribution in [0.15, 0.2) is 6.07 Å². The molecule has 2 N–H and O–H groups in total. The lowest BCUT2D eigenvalue weighted by atomic mass is 10.1. The fourth-order valence-electron chi connectivity index (χ4n) is 1.86. The number of carbonyl (C=O) groups excluding carboxylic acids is 1. The first kappa shape index (κ1) is 12.6. The number of anilines is 1.